The highest BCUT2D eigenvalue weighted by molar-refractivity contribution is 7.99. The Balaban J connectivity index is 2.30. The average molecular weight is 272 g/mol. The predicted octanol–water partition coefficient (Wildman–Crippen LogP) is 4.25. The zero-order valence-electron chi connectivity index (χ0n) is 8.02. The standard InChI is InChI=1S/C11H7Cl2NOS/c12-9-5-14-6-10(13)11(9)16-8-3-1-7(15)2-4-8/h1-6,15H. The third-order valence-corrected chi connectivity index (χ3v) is 3.82. The molecule has 0 aliphatic carbocycles. The molecule has 0 spiro atoms. The van der Waals surface area contributed by atoms with Gasteiger partial charge in [-0.3, -0.25) is 4.98 Å². The van der Waals surface area contributed by atoms with Crippen LogP contribution in [0.5, 0.6) is 5.75 Å². The monoisotopic (exact) mass is 271 g/mol. The van der Waals surface area contributed by atoms with Gasteiger partial charge in [0.15, 0.2) is 0 Å². The lowest BCUT2D eigenvalue weighted by molar-refractivity contribution is 0.475. The van der Waals surface area contributed by atoms with Crippen LogP contribution in [0.1, 0.15) is 0 Å². The normalized spacial score (nSPS) is 10.4. The van der Waals surface area contributed by atoms with Crippen molar-refractivity contribution in [2.24, 2.45) is 0 Å². The molecule has 0 saturated heterocycles. The molecule has 2 rings (SSSR count). The van der Waals surface area contributed by atoms with Gasteiger partial charge in [-0.05, 0) is 24.3 Å². The molecule has 0 aliphatic heterocycles. The first-order valence-corrected chi connectivity index (χ1v) is 6.00. The molecule has 5 heteroatoms. The summed E-state index contributed by atoms with van der Waals surface area (Å²) in [6.45, 7) is 0. The summed E-state index contributed by atoms with van der Waals surface area (Å²) in [4.78, 5) is 5.60. The van der Waals surface area contributed by atoms with Gasteiger partial charge in [0, 0.05) is 17.3 Å². The fraction of sp³-hybridized carbons (Fsp3) is 0. The maximum atomic E-state index is 9.16. The number of rotatable bonds is 2. The van der Waals surface area contributed by atoms with E-state index in [0.29, 0.717) is 10.0 Å². The Labute approximate surface area is 107 Å². The number of benzene rings is 1. The minimum atomic E-state index is 0.233. The summed E-state index contributed by atoms with van der Waals surface area (Å²) in [5.74, 6) is 0.233. The summed E-state index contributed by atoms with van der Waals surface area (Å²) in [5, 5.41) is 10.2. The Kier molecular flexibility index (Phi) is 3.59. The number of pyridine rings is 1. The molecule has 1 N–H and O–H groups in total. The fourth-order valence-corrected chi connectivity index (χ4v) is 2.53. The molecule has 0 fully saturated rings. The third kappa shape index (κ3) is 2.61. The Bertz CT molecular complexity index is 482. The molecule has 0 amide bonds. The van der Waals surface area contributed by atoms with Crippen molar-refractivity contribution in [1.29, 1.82) is 0 Å². The van der Waals surface area contributed by atoms with E-state index < -0.39 is 0 Å². The molecule has 0 radical (unpaired) electrons. The molecule has 16 heavy (non-hydrogen) atoms. The van der Waals surface area contributed by atoms with Gasteiger partial charge in [-0.15, -0.1) is 0 Å². The lowest BCUT2D eigenvalue weighted by Gasteiger charge is -2.05. The van der Waals surface area contributed by atoms with Crippen LogP contribution in [0.2, 0.25) is 10.0 Å². The Morgan fingerprint density at radius 1 is 1.00 bits per heavy atom. The van der Waals surface area contributed by atoms with Crippen molar-refractivity contribution in [2.75, 3.05) is 0 Å². The number of hydrogen-bond acceptors (Lipinski definition) is 3. The van der Waals surface area contributed by atoms with Crippen molar-refractivity contribution in [3.63, 3.8) is 0 Å². The van der Waals surface area contributed by atoms with Crippen molar-refractivity contribution in [3.05, 3.63) is 46.7 Å². The molecular weight excluding hydrogens is 265 g/mol. The summed E-state index contributed by atoms with van der Waals surface area (Å²) < 4.78 is 0. The minimum Gasteiger partial charge on any atom is -0.508 e. The topological polar surface area (TPSA) is 33.1 Å². The molecule has 0 saturated carbocycles. The summed E-state index contributed by atoms with van der Waals surface area (Å²) in [6.07, 6.45) is 3.10. The molecule has 82 valence electrons. The third-order valence-electron chi connectivity index (χ3n) is 1.87. The first-order valence-electron chi connectivity index (χ1n) is 4.42. The first kappa shape index (κ1) is 11.6. The van der Waals surface area contributed by atoms with Gasteiger partial charge in [-0.2, -0.15) is 0 Å². The second-order valence-corrected chi connectivity index (χ2v) is 4.93. The summed E-state index contributed by atoms with van der Waals surface area (Å²) >= 11 is 13.4. The highest BCUT2D eigenvalue weighted by atomic mass is 35.5. The largest absolute Gasteiger partial charge is 0.508 e. The van der Waals surface area contributed by atoms with Crippen LogP contribution in [0.4, 0.5) is 0 Å². The molecule has 0 aliphatic rings. The number of phenols is 1. The number of nitrogens with zero attached hydrogens (tertiary/aromatic N) is 1. The van der Waals surface area contributed by atoms with Crippen molar-refractivity contribution < 1.29 is 5.11 Å². The fourth-order valence-electron chi connectivity index (χ4n) is 1.13. The summed E-state index contributed by atoms with van der Waals surface area (Å²) in [5.41, 5.74) is 0. The number of aromatic hydroxyl groups is 1. The Morgan fingerprint density at radius 3 is 2.12 bits per heavy atom. The SMILES string of the molecule is Oc1ccc(Sc2c(Cl)cncc2Cl)cc1. The number of aromatic nitrogens is 1. The lowest BCUT2D eigenvalue weighted by atomic mass is 10.3. The highest BCUT2D eigenvalue weighted by Gasteiger charge is 2.07. The van der Waals surface area contributed by atoms with Crippen molar-refractivity contribution >= 4 is 35.0 Å². The second kappa shape index (κ2) is 4.95. The van der Waals surface area contributed by atoms with E-state index in [0.717, 1.165) is 9.79 Å². The second-order valence-electron chi connectivity index (χ2n) is 3.03. The first-order chi connectivity index (χ1) is 7.66. The van der Waals surface area contributed by atoms with E-state index in [9.17, 15) is 0 Å². The zero-order valence-corrected chi connectivity index (χ0v) is 10.4. The maximum Gasteiger partial charge on any atom is 0.115 e. The molecule has 1 aromatic heterocycles. The van der Waals surface area contributed by atoms with Gasteiger partial charge in [-0.1, -0.05) is 35.0 Å². The predicted molar refractivity (Wildman–Crippen MR) is 66.5 cm³/mol. The molecule has 1 heterocycles. The summed E-state index contributed by atoms with van der Waals surface area (Å²) in [6, 6.07) is 6.83. The minimum absolute atomic E-state index is 0.233. The van der Waals surface area contributed by atoms with E-state index in [1.165, 1.54) is 11.8 Å². The Hall–Kier alpha value is -0.900. The van der Waals surface area contributed by atoms with E-state index in [-0.39, 0.29) is 5.75 Å². The maximum absolute atomic E-state index is 9.16. The van der Waals surface area contributed by atoms with Gasteiger partial charge >= 0.3 is 0 Å². The Morgan fingerprint density at radius 2 is 1.56 bits per heavy atom. The van der Waals surface area contributed by atoms with Crippen LogP contribution >= 0.6 is 35.0 Å². The van der Waals surface area contributed by atoms with Crippen LogP contribution in [0.25, 0.3) is 0 Å². The molecule has 0 atom stereocenters. The van der Waals surface area contributed by atoms with Crippen LogP contribution in [0.15, 0.2) is 46.5 Å². The van der Waals surface area contributed by atoms with Gasteiger partial charge in [0.25, 0.3) is 0 Å². The van der Waals surface area contributed by atoms with Crippen LogP contribution in [0.3, 0.4) is 0 Å². The quantitative estimate of drug-likeness (QED) is 0.887. The smallest absolute Gasteiger partial charge is 0.115 e. The van der Waals surface area contributed by atoms with Crippen LogP contribution in [0, 0.1) is 0 Å². The zero-order chi connectivity index (χ0) is 11.5. The van der Waals surface area contributed by atoms with Gasteiger partial charge in [0.1, 0.15) is 5.75 Å². The van der Waals surface area contributed by atoms with E-state index in [1.54, 1.807) is 36.7 Å². The van der Waals surface area contributed by atoms with Crippen LogP contribution < -0.4 is 0 Å². The van der Waals surface area contributed by atoms with Crippen molar-refractivity contribution in [2.45, 2.75) is 9.79 Å². The molecule has 0 unspecified atom stereocenters. The average Bonchev–Trinajstić information content (AvgIpc) is 2.26. The molecule has 0 bridgehead atoms. The number of halogens is 2. The van der Waals surface area contributed by atoms with E-state index in [4.69, 9.17) is 28.3 Å². The van der Waals surface area contributed by atoms with Gasteiger partial charge < -0.3 is 5.11 Å². The van der Waals surface area contributed by atoms with Crippen LogP contribution in [-0.4, -0.2) is 10.1 Å². The van der Waals surface area contributed by atoms with Crippen molar-refractivity contribution in [1.82, 2.24) is 4.98 Å². The molecular formula is C11H7Cl2NOS. The van der Waals surface area contributed by atoms with Gasteiger partial charge in [-0.25, -0.2) is 0 Å². The van der Waals surface area contributed by atoms with E-state index >= 15 is 0 Å². The number of hydrogen-bond donors (Lipinski definition) is 1. The molecule has 2 aromatic rings. The van der Waals surface area contributed by atoms with E-state index in [1.807, 2.05) is 0 Å². The van der Waals surface area contributed by atoms with Crippen molar-refractivity contribution in [3.8, 4) is 5.75 Å². The van der Waals surface area contributed by atoms with Gasteiger partial charge in [0.2, 0.25) is 0 Å². The molecule has 1 aromatic carbocycles. The number of phenolic OH excluding ortho intramolecular Hbond substituents is 1. The summed E-state index contributed by atoms with van der Waals surface area (Å²) in [7, 11) is 0. The van der Waals surface area contributed by atoms with E-state index in [2.05, 4.69) is 4.98 Å². The van der Waals surface area contributed by atoms with Crippen LogP contribution in [-0.2, 0) is 0 Å². The van der Waals surface area contributed by atoms with Gasteiger partial charge in [0.05, 0.1) is 14.9 Å². The highest BCUT2D eigenvalue weighted by Crippen LogP contribution is 2.37. The lowest BCUT2D eigenvalue weighted by Crippen LogP contribution is -1.80. The molecule has 2 nitrogen and oxygen atoms in total.